The van der Waals surface area contributed by atoms with Crippen molar-refractivity contribution in [2.75, 3.05) is 30.1 Å². The third kappa shape index (κ3) is 3.60. The first-order valence-corrected chi connectivity index (χ1v) is 14.1. The van der Waals surface area contributed by atoms with Gasteiger partial charge in [-0.3, -0.25) is 9.89 Å². The number of nitrogens with one attached hydrogen (secondary N) is 3. The summed E-state index contributed by atoms with van der Waals surface area (Å²) in [6, 6.07) is 13.0. The summed E-state index contributed by atoms with van der Waals surface area (Å²) >= 11 is 0. The number of benzene rings is 2. The van der Waals surface area contributed by atoms with Crippen LogP contribution in [0.4, 0.5) is 17.3 Å². The first-order chi connectivity index (χ1) is 18.3. The second kappa shape index (κ2) is 8.73. The van der Waals surface area contributed by atoms with Crippen molar-refractivity contribution in [1.82, 2.24) is 15.2 Å². The molecule has 0 saturated heterocycles. The number of H-pyrrole nitrogens is 1. The summed E-state index contributed by atoms with van der Waals surface area (Å²) in [5, 5.41) is 14.6. The number of ether oxygens (including phenoxy) is 2. The molecule has 6 rings (SSSR count). The zero-order valence-corrected chi connectivity index (χ0v) is 22.0. The molecule has 11 heteroatoms. The van der Waals surface area contributed by atoms with Crippen molar-refractivity contribution in [2.45, 2.75) is 36.5 Å². The SMILES string of the molecule is CCOc1cc(S(=O)(=O)CC)cnc1Nc1n[nH]c2cccc([C@@H]3C[C@@]34C(=O)Nc3ccc(OC)cc34)c12. The standard InChI is InChI=1S/C27H27N5O5S/c1-4-37-22-12-16(38(34,35)5-2)14-28-24(22)30-25-23-17(7-6-8-21(23)31-32-25)19-13-27(19)18-11-15(36-3)9-10-20(18)29-26(27)33/h6-12,14,19H,4-5,13H2,1-3H3,(H,29,33)(H2,28,30,31,32)/t19-,27-/m0/s1. The van der Waals surface area contributed by atoms with Crippen LogP contribution in [0.3, 0.4) is 0 Å². The topological polar surface area (TPSA) is 135 Å². The molecule has 0 radical (unpaired) electrons. The Bertz CT molecular complexity index is 1700. The van der Waals surface area contributed by atoms with Crippen LogP contribution in [0.1, 0.15) is 37.3 Å². The molecule has 1 amide bonds. The van der Waals surface area contributed by atoms with Gasteiger partial charge >= 0.3 is 0 Å². The Balaban J connectivity index is 1.41. The lowest BCUT2D eigenvalue weighted by Crippen LogP contribution is -2.21. The number of aromatic nitrogens is 3. The first kappa shape index (κ1) is 24.2. The van der Waals surface area contributed by atoms with E-state index >= 15 is 0 Å². The molecule has 38 heavy (non-hydrogen) atoms. The maximum atomic E-state index is 13.2. The Hall–Kier alpha value is -4.12. The highest BCUT2D eigenvalue weighted by Gasteiger charge is 2.65. The average Bonchev–Trinajstić information content (AvgIpc) is 3.46. The molecule has 1 saturated carbocycles. The van der Waals surface area contributed by atoms with Crippen LogP contribution in [-0.2, 0) is 20.0 Å². The lowest BCUT2D eigenvalue weighted by Gasteiger charge is -2.14. The second-order valence-corrected chi connectivity index (χ2v) is 11.7. The van der Waals surface area contributed by atoms with Crippen LogP contribution in [0, 0.1) is 0 Å². The number of carbonyl (C=O) groups is 1. The number of hydrogen-bond donors (Lipinski definition) is 3. The van der Waals surface area contributed by atoms with E-state index in [0.29, 0.717) is 36.2 Å². The van der Waals surface area contributed by atoms with E-state index in [0.717, 1.165) is 27.7 Å². The zero-order valence-electron chi connectivity index (χ0n) is 21.2. The molecule has 4 aromatic rings. The lowest BCUT2D eigenvalue weighted by molar-refractivity contribution is -0.118. The van der Waals surface area contributed by atoms with E-state index in [1.54, 1.807) is 14.0 Å². The number of sulfone groups is 1. The fourth-order valence-electron chi connectivity index (χ4n) is 5.39. The number of fused-ring (bicyclic) bond motifs is 3. The average molecular weight is 534 g/mol. The van der Waals surface area contributed by atoms with Gasteiger partial charge in [0, 0.05) is 29.3 Å². The molecule has 196 valence electrons. The van der Waals surface area contributed by atoms with Gasteiger partial charge in [0.2, 0.25) is 5.91 Å². The number of aromatic amines is 1. The van der Waals surface area contributed by atoms with Crippen LogP contribution in [0.5, 0.6) is 11.5 Å². The normalized spacial score (nSPS) is 19.9. The summed E-state index contributed by atoms with van der Waals surface area (Å²) in [6.45, 7) is 3.74. The largest absolute Gasteiger partial charge is 0.497 e. The van der Waals surface area contributed by atoms with Gasteiger partial charge in [-0.15, -0.1) is 0 Å². The Kier molecular flexibility index (Phi) is 5.56. The predicted octanol–water partition coefficient (Wildman–Crippen LogP) is 4.28. The Morgan fingerprint density at radius 2 is 2.00 bits per heavy atom. The third-order valence-electron chi connectivity index (χ3n) is 7.42. The maximum absolute atomic E-state index is 13.2. The summed E-state index contributed by atoms with van der Waals surface area (Å²) in [5.74, 6) is 1.77. The number of pyridine rings is 1. The van der Waals surface area contributed by atoms with Crippen LogP contribution in [0.2, 0.25) is 0 Å². The summed E-state index contributed by atoms with van der Waals surface area (Å²) in [4.78, 5) is 17.7. The minimum absolute atomic E-state index is 0.0196. The molecule has 2 atom stereocenters. The highest BCUT2D eigenvalue weighted by atomic mass is 32.2. The van der Waals surface area contributed by atoms with Crippen LogP contribution < -0.4 is 20.1 Å². The number of anilines is 3. The Morgan fingerprint density at radius 3 is 2.76 bits per heavy atom. The number of hydrogen-bond acceptors (Lipinski definition) is 8. The quantitative estimate of drug-likeness (QED) is 0.305. The van der Waals surface area contributed by atoms with Gasteiger partial charge in [-0.25, -0.2) is 13.4 Å². The predicted molar refractivity (Wildman–Crippen MR) is 143 cm³/mol. The molecule has 2 aliphatic rings. The van der Waals surface area contributed by atoms with E-state index in [-0.39, 0.29) is 22.5 Å². The van der Waals surface area contributed by atoms with Crippen LogP contribution in [0.25, 0.3) is 10.9 Å². The van der Waals surface area contributed by atoms with E-state index in [4.69, 9.17) is 9.47 Å². The van der Waals surface area contributed by atoms with E-state index in [9.17, 15) is 13.2 Å². The summed E-state index contributed by atoms with van der Waals surface area (Å²) in [5.41, 5.74) is 2.86. The van der Waals surface area contributed by atoms with Crippen molar-refractivity contribution in [2.24, 2.45) is 0 Å². The number of nitrogens with zero attached hydrogens (tertiary/aromatic N) is 2. The third-order valence-corrected chi connectivity index (χ3v) is 9.12. The van der Waals surface area contributed by atoms with Crippen molar-refractivity contribution in [3.63, 3.8) is 0 Å². The van der Waals surface area contributed by atoms with Crippen molar-refractivity contribution >= 4 is 44.0 Å². The monoisotopic (exact) mass is 533 g/mol. The number of methoxy groups -OCH3 is 1. The molecule has 1 spiro atoms. The van der Waals surface area contributed by atoms with Gasteiger partial charge in [-0.2, -0.15) is 5.10 Å². The molecule has 3 heterocycles. The van der Waals surface area contributed by atoms with Gasteiger partial charge in [0.25, 0.3) is 0 Å². The lowest BCUT2D eigenvalue weighted by atomic mass is 9.90. The number of amides is 1. The van der Waals surface area contributed by atoms with Gasteiger partial charge in [0.15, 0.2) is 27.2 Å². The fourth-order valence-corrected chi connectivity index (χ4v) is 6.22. The molecule has 1 aliphatic heterocycles. The number of carbonyl (C=O) groups excluding carboxylic acids is 1. The molecule has 1 aliphatic carbocycles. The van der Waals surface area contributed by atoms with E-state index in [1.165, 1.54) is 12.3 Å². The first-order valence-electron chi connectivity index (χ1n) is 12.4. The second-order valence-electron chi connectivity index (χ2n) is 9.41. The molecular formula is C27H27N5O5S. The van der Waals surface area contributed by atoms with Gasteiger partial charge in [-0.1, -0.05) is 19.1 Å². The van der Waals surface area contributed by atoms with E-state index in [2.05, 4.69) is 25.8 Å². The van der Waals surface area contributed by atoms with Gasteiger partial charge in [0.1, 0.15) is 5.75 Å². The fraction of sp³-hybridized carbons (Fsp3) is 0.296. The summed E-state index contributed by atoms with van der Waals surface area (Å²) in [7, 11) is -1.84. The molecule has 10 nitrogen and oxygen atoms in total. The van der Waals surface area contributed by atoms with Crippen molar-refractivity contribution in [3.05, 3.63) is 59.8 Å². The Labute approximate surface area is 219 Å². The summed E-state index contributed by atoms with van der Waals surface area (Å²) < 4.78 is 35.9. The van der Waals surface area contributed by atoms with Crippen LogP contribution in [0.15, 0.2) is 53.6 Å². The molecule has 2 aromatic heterocycles. The molecule has 1 fully saturated rings. The van der Waals surface area contributed by atoms with Crippen molar-refractivity contribution in [3.8, 4) is 11.5 Å². The molecular weight excluding hydrogens is 506 g/mol. The highest BCUT2D eigenvalue weighted by Crippen LogP contribution is 2.66. The summed E-state index contributed by atoms with van der Waals surface area (Å²) in [6.07, 6.45) is 1.98. The highest BCUT2D eigenvalue weighted by molar-refractivity contribution is 7.91. The zero-order chi connectivity index (χ0) is 26.7. The number of rotatable bonds is 8. The smallest absolute Gasteiger partial charge is 0.235 e. The van der Waals surface area contributed by atoms with Gasteiger partial charge in [0.05, 0.1) is 35.3 Å². The molecule has 0 unspecified atom stereocenters. The molecule has 3 N–H and O–H groups in total. The minimum Gasteiger partial charge on any atom is -0.497 e. The minimum atomic E-state index is -3.45. The van der Waals surface area contributed by atoms with Crippen LogP contribution >= 0.6 is 0 Å². The van der Waals surface area contributed by atoms with E-state index in [1.807, 2.05) is 43.3 Å². The van der Waals surface area contributed by atoms with Crippen molar-refractivity contribution in [1.29, 1.82) is 0 Å². The van der Waals surface area contributed by atoms with E-state index < -0.39 is 15.3 Å². The molecule has 0 bridgehead atoms. The van der Waals surface area contributed by atoms with Gasteiger partial charge in [-0.05, 0) is 48.7 Å². The van der Waals surface area contributed by atoms with Crippen LogP contribution in [-0.4, -0.2) is 49.0 Å². The van der Waals surface area contributed by atoms with Gasteiger partial charge < -0.3 is 20.1 Å². The maximum Gasteiger partial charge on any atom is 0.235 e. The molecule has 2 aromatic carbocycles. The Morgan fingerprint density at radius 1 is 1.16 bits per heavy atom. The van der Waals surface area contributed by atoms with Crippen molar-refractivity contribution < 1.29 is 22.7 Å².